The summed E-state index contributed by atoms with van der Waals surface area (Å²) in [7, 11) is 0. The summed E-state index contributed by atoms with van der Waals surface area (Å²) in [6, 6.07) is 23.6. The van der Waals surface area contributed by atoms with Crippen molar-refractivity contribution in [2.45, 2.75) is 71.1 Å². The number of hydrogen-bond donors (Lipinski definition) is 0. The van der Waals surface area contributed by atoms with Crippen molar-refractivity contribution in [3.8, 4) is 22.6 Å². The Hall–Kier alpha value is -3.33. The monoisotopic (exact) mass is 484 g/mol. The van der Waals surface area contributed by atoms with Crippen molar-refractivity contribution in [1.29, 1.82) is 0 Å². The molecule has 0 aliphatic carbocycles. The average Bonchev–Trinajstić information content (AvgIpc) is 2.92. The van der Waals surface area contributed by atoms with Crippen LogP contribution in [0.5, 0.6) is 11.5 Å². The zero-order chi connectivity index (χ0) is 25.4. The Kier molecular flexibility index (Phi) is 11.8. The fourth-order valence-corrected chi connectivity index (χ4v) is 4.12. The normalized spacial score (nSPS) is 10.7. The molecule has 0 fully saturated rings. The van der Waals surface area contributed by atoms with Crippen LogP contribution in [0, 0.1) is 0 Å². The lowest BCUT2D eigenvalue weighted by atomic mass is 10.0. The molecule has 0 atom stereocenters. The maximum atomic E-state index is 12.6. The fourth-order valence-electron chi connectivity index (χ4n) is 4.12. The molecule has 0 saturated carbocycles. The highest BCUT2D eigenvalue weighted by Gasteiger charge is 2.09. The van der Waals surface area contributed by atoms with Gasteiger partial charge in [-0.1, -0.05) is 81.5 Å². The maximum Gasteiger partial charge on any atom is 0.343 e. The summed E-state index contributed by atoms with van der Waals surface area (Å²) >= 11 is 0. The summed E-state index contributed by atoms with van der Waals surface area (Å²) in [5, 5.41) is 0. The van der Waals surface area contributed by atoms with E-state index in [1.54, 1.807) is 12.1 Å². The Morgan fingerprint density at radius 3 is 2.00 bits per heavy atom. The van der Waals surface area contributed by atoms with Gasteiger partial charge in [-0.2, -0.15) is 0 Å². The summed E-state index contributed by atoms with van der Waals surface area (Å²) in [5.74, 6) is 0.935. The molecule has 3 nitrogen and oxygen atoms in total. The molecule has 0 amide bonds. The summed E-state index contributed by atoms with van der Waals surface area (Å²) < 4.78 is 11.3. The molecule has 3 aromatic rings. The van der Waals surface area contributed by atoms with E-state index in [4.69, 9.17) is 9.47 Å². The first-order valence-corrected chi connectivity index (χ1v) is 13.4. The van der Waals surface area contributed by atoms with Crippen LogP contribution in [0.4, 0.5) is 0 Å². The van der Waals surface area contributed by atoms with Crippen molar-refractivity contribution in [3.63, 3.8) is 0 Å². The van der Waals surface area contributed by atoms with Gasteiger partial charge < -0.3 is 9.47 Å². The van der Waals surface area contributed by atoms with E-state index in [-0.39, 0.29) is 5.97 Å². The van der Waals surface area contributed by atoms with Gasteiger partial charge in [-0.25, -0.2) is 4.79 Å². The molecule has 3 heteroatoms. The van der Waals surface area contributed by atoms with Crippen molar-refractivity contribution in [2.24, 2.45) is 0 Å². The quantitative estimate of drug-likeness (QED) is 0.0879. The predicted octanol–water partition coefficient (Wildman–Crippen LogP) is 9.21. The molecule has 0 radical (unpaired) electrons. The number of carbonyl (C=O) groups is 1. The number of unbranched alkanes of at least 4 members (excludes halogenated alkanes) is 7. The molecular weight excluding hydrogens is 444 g/mol. The number of ether oxygens (including phenoxy) is 2. The minimum atomic E-state index is -0.364. The van der Waals surface area contributed by atoms with E-state index in [1.807, 2.05) is 42.5 Å². The van der Waals surface area contributed by atoms with Crippen LogP contribution in [0.1, 0.15) is 80.6 Å². The predicted molar refractivity (Wildman–Crippen MR) is 150 cm³/mol. The van der Waals surface area contributed by atoms with Crippen molar-refractivity contribution >= 4 is 5.97 Å². The molecule has 0 spiro atoms. The zero-order valence-corrected chi connectivity index (χ0v) is 21.7. The van der Waals surface area contributed by atoms with Crippen LogP contribution in [0.25, 0.3) is 11.1 Å². The third-order valence-corrected chi connectivity index (χ3v) is 6.33. The first-order valence-electron chi connectivity index (χ1n) is 13.4. The van der Waals surface area contributed by atoms with Gasteiger partial charge in [0.1, 0.15) is 11.5 Å². The fraction of sp³-hybridized carbons (Fsp3) is 0.364. The number of benzene rings is 3. The molecule has 0 aromatic heterocycles. The van der Waals surface area contributed by atoms with Gasteiger partial charge >= 0.3 is 5.97 Å². The van der Waals surface area contributed by atoms with Crippen LogP contribution in [-0.2, 0) is 6.42 Å². The molecule has 190 valence electrons. The maximum absolute atomic E-state index is 12.6. The first kappa shape index (κ1) is 27.3. The van der Waals surface area contributed by atoms with Crippen molar-refractivity contribution < 1.29 is 14.3 Å². The molecule has 3 rings (SSSR count). The third-order valence-electron chi connectivity index (χ3n) is 6.33. The van der Waals surface area contributed by atoms with E-state index in [0.29, 0.717) is 17.9 Å². The van der Waals surface area contributed by atoms with Gasteiger partial charge in [0.2, 0.25) is 0 Å². The molecule has 0 unspecified atom stereocenters. The van der Waals surface area contributed by atoms with E-state index in [0.717, 1.165) is 42.6 Å². The topological polar surface area (TPSA) is 35.5 Å². The van der Waals surface area contributed by atoms with Crippen LogP contribution in [-0.4, -0.2) is 12.6 Å². The molecule has 0 aliphatic heterocycles. The average molecular weight is 485 g/mol. The van der Waals surface area contributed by atoms with Gasteiger partial charge in [-0.3, -0.25) is 0 Å². The highest BCUT2D eigenvalue weighted by molar-refractivity contribution is 5.91. The molecule has 0 heterocycles. The second kappa shape index (κ2) is 15.6. The number of esters is 1. The Balaban J connectivity index is 1.44. The van der Waals surface area contributed by atoms with Crippen molar-refractivity contribution in [3.05, 3.63) is 96.6 Å². The second-order valence-electron chi connectivity index (χ2n) is 9.29. The number of carbonyl (C=O) groups excluding carboxylic acids is 1. The van der Waals surface area contributed by atoms with Gasteiger partial charge in [0.25, 0.3) is 0 Å². The van der Waals surface area contributed by atoms with Crippen LogP contribution < -0.4 is 9.47 Å². The first-order chi connectivity index (χ1) is 17.7. The molecule has 3 aromatic carbocycles. The van der Waals surface area contributed by atoms with Crippen LogP contribution in [0.15, 0.2) is 85.5 Å². The lowest BCUT2D eigenvalue weighted by Crippen LogP contribution is -2.08. The van der Waals surface area contributed by atoms with E-state index in [2.05, 4.69) is 37.8 Å². The minimum absolute atomic E-state index is 0.364. The smallest absolute Gasteiger partial charge is 0.343 e. The standard InChI is InChI=1S/C33H40O3/c1-3-5-7-9-10-12-26-35-31-22-24-32(25-23-31)36-33(34)30-20-18-29(19-21-30)28-16-14-27(15-17-28)13-11-8-6-4-2/h3,14-25H,1,4-13,26H2,2H3. The molecule has 0 aliphatic rings. The van der Waals surface area contributed by atoms with Crippen LogP contribution in [0.2, 0.25) is 0 Å². The Morgan fingerprint density at radius 1 is 0.722 bits per heavy atom. The summed E-state index contributed by atoms with van der Waals surface area (Å²) in [6.45, 7) is 6.68. The van der Waals surface area contributed by atoms with Crippen LogP contribution >= 0.6 is 0 Å². The lowest BCUT2D eigenvalue weighted by molar-refractivity contribution is 0.0734. The number of allylic oxidation sites excluding steroid dienone is 1. The lowest BCUT2D eigenvalue weighted by Gasteiger charge is -2.09. The summed E-state index contributed by atoms with van der Waals surface area (Å²) in [5.41, 5.74) is 4.15. The van der Waals surface area contributed by atoms with Gasteiger partial charge in [-0.05, 0) is 85.2 Å². The van der Waals surface area contributed by atoms with E-state index >= 15 is 0 Å². The van der Waals surface area contributed by atoms with Gasteiger partial charge in [-0.15, -0.1) is 6.58 Å². The van der Waals surface area contributed by atoms with Gasteiger partial charge in [0.15, 0.2) is 0 Å². The van der Waals surface area contributed by atoms with E-state index in [9.17, 15) is 4.79 Å². The van der Waals surface area contributed by atoms with Crippen molar-refractivity contribution in [1.82, 2.24) is 0 Å². The van der Waals surface area contributed by atoms with Gasteiger partial charge in [0, 0.05) is 0 Å². The Morgan fingerprint density at radius 2 is 1.33 bits per heavy atom. The Labute approximate surface area is 217 Å². The summed E-state index contributed by atoms with van der Waals surface area (Å²) in [4.78, 5) is 12.6. The number of hydrogen-bond acceptors (Lipinski definition) is 3. The number of rotatable bonds is 16. The largest absolute Gasteiger partial charge is 0.494 e. The number of aryl methyl sites for hydroxylation is 1. The van der Waals surface area contributed by atoms with E-state index in [1.165, 1.54) is 44.1 Å². The van der Waals surface area contributed by atoms with E-state index < -0.39 is 0 Å². The van der Waals surface area contributed by atoms with Gasteiger partial charge in [0.05, 0.1) is 12.2 Å². The SMILES string of the molecule is C=CCCCCCCOc1ccc(OC(=O)c2ccc(-c3ccc(CCCCCC)cc3)cc2)cc1. The molecule has 0 bridgehead atoms. The third kappa shape index (κ3) is 9.37. The zero-order valence-electron chi connectivity index (χ0n) is 21.7. The molecule has 0 N–H and O–H groups in total. The highest BCUT2D eigenvalue weighted by Crippen LogP contribution is 2.23. The van der Waals surface area contributed by atoms with Crippen molar-refractivity contribution in [2.75, 3.05) is 6.61 Å². The van der Waals surface area contributed by atoms with Crippen LogP contribution in [0.3, 0.4) is 0 Å². The summed E-state index contributed by atoms with van der Waals surface area (Å²) in [6.07, 6.45) is 13.9. The second-order valence-corrected chi connectivity index (χ2v) is 9.29. The Bertz CT molecular complexity index is 1030. The molecular formula is C33H40O3. The minimum Gasteiger partial charge on any atom is -0.494 e. The molecule has 36 heavy (non-hydrogen) atoms. The highest BCUT2D eigenvalue weighted by atomic mass is 16.5. The molecule has 0 saturated heterocycles.